The summed E-state index contributed by atoms with van der Waals surface area (Å²) < 4.78 is 19.0. The van der Waals surface area contributed by atoms with Gasteiger partial charge in [0.2, 0.25) is 0 Å². The molecule has 0 radical (unpaired) electrons. The van der Waals surface area contributed by atoms with Crippen molar-refractivity contribution in [2.75, 3.05) is 32.8 Å². The normalized spacial score (nSPS) is 16.5. The maximum absolute atomic E-state index is 13.6. The zero-order valence-electron chi connectivity index (χ0n) is 13.5. The number of amides is 1. The van der Waals surface area contributed by atoms with Crippen LogP contribution in [0, 0.1) is 5.82 Å². The molecule has 2 aromatic carbocycles. The first-order valence-electron chi connectivity index (χ1n) is 8.14. The van der Waals surface area contributed by atoms with Crippen LogP contribution in [0.2, 0.25) is 0 Å². The third-order valence-electron chi connectivity index (χ3n) is 4.21. The van der Waals surface area contributed by atoms with E-state index in [9.17, 15) is 9.18 Å². The zero-order chi connectivity index (χ0) is 16.8. The van der Waals surface area contributed by atoms with Gasteiger partial charge in [-0.05, 0) is 29.8 Å². The number of morpholine rings is 1. The van der Waals surface area contributed by atoms with Crippen LogP contribution < -0.4 is 5.32 Å². The monoisotopic (exact) mass is 328 g/mol. The summed E-state index contributed by atoms with van der Waals surface area (Å²) >= 11 is 0. The molecule has 0 saturated carbocycles. The van der Waals surface area contributed by atoms with Gasteiger partial charge in [-0.2, -0.15) is 0 Å². The molecular weight excluding hydrogens is 307 g/mol. The first-order valence-corrected chi connectivity index (χ1v) is 8.14. The van der Waals surface area contributed by atoms with E-state index in [0.29, 0.717) is 25.3 Å². The number of carbonyl (C=O) groups excluding carboxylic acids is 1. The fourth-order valence-electron chi connectivity index (χ4n) is 2.94. The van der Waals surface area contributed by atoms with Gasteiger partial charge in [0.1, 0.15) is 5.82 Å². The van der Waals surface area contributed by atoms with E-state index >= 15 is 0 Å². The third-order valence-corrected chi connectivity index (χ3v) is 4.21. The molecule has 0 aromatic heterocycles. The van der Waals surface area contributed by atoms with Crippen molar-refractivity contribution in [2.45, 2.75) is 6.04 Å². The lowest BCUT2D eigenvalue weighted by Crippen LogP contribution is -2.43. The molecule has 4 nitrogen and oxygen atoms in total. The minimum absolute atomic E-state index is 0.0720. The smallest absolute Gasteiger partial charge is 0.251 e. The first-order chi connectivity index (χ1) is 11.7. The molecule has 2 aromatic rings. The van der Waals surface area contributed by atoms with E-state index in [1.807, 2.05) is 24.3 Å². The van der Waals surface area contributed by atoms with E-state index in [1.165, 1.54) is 12.1 Å². The van der Waals surface area contributed by atoms with E-state index < -0.39 is 0 Å². The number of nitrogens with one attached hydrogen (secondary N) is 1. The van der Waals surface area contributed by atoms with E-state index in [-0.39, 0.29) is 17.8 Å². The second-order valence-corrected chi connectivity index (χ2v) is 5.80. The summed E-state index contributed by atoms with van der Waals surface area (Å²) in [7, 11) is 0. The highest BCUT2D eigenvalue weighted by atomic mass is 19.1. The first kappa shape index (κ1) is 16.6. The van der Waals surface area contributed by atoms with Gasteiger partial charge in [-0.25, -0.2) is 4.39 Å². The van der Waals surface area contributed by atoms with E-state index in [4.69, 9.17) is 4.74 Å². The van der Waals surface area contributed by atoms with E-state index in [2.05, 4.69) is 10.2 Å². The molecule has 3 rings (SSSR count). The van der Waals surface area contributed by atoms with Gasteiger partial charge in [0.15, 0.2) is 0 Å². The molecule has 1 fully saturated rings. The summed E-state index contributed by atoms with van der Waals surface area (Å²) in [6.07, 6.45) is 0. The molecule has 0 bridgehead atoms. The highest BCUT2D eigenvalue weighted by Crippen LogP contribution is 2.22. The minimum atomic E-state index is -0.264. The van der Waals surface area contributed by atoms with Crippen molar-refractivity contribution in [2.24, 2.45) is 0 Å². The van der Waals surface area contributed by atoms with E-state index in [1.54, 1.807) is 18.2 Å². The Labute approximate surface area is 141 Å². The zero-order valence-corrected chi connectivity index (χ0v) is 13.5. The number of benzene rings is 2. The van der Waals surface area contributed by atoms with Crippen molar-refractivity contribution < 1.29 is 13.9 Å². The third kappa shape index (κ3) is 4.19. The van der Waals surface area contributed by atoms with Crippen LogP contribution in [0.25, 0.3) is 0 Å². The maximum Gasteiger partial charge on any atom is 0.251 e. The molecular formula is C19H21FN2O2. The van der Waals surface area contributed by atoms with Crippen LogP contribution in [0.3, 0.4) is 0 Å². The Bertz CT molecular complexity index is 672. The largest absolute Gasteiger partial charge is 0.379 e. The average molecular weight is 328 g/mol. The fourth-order valence-corrected chi connectivity index (χ4v) is 2.94. The lowest BCUT2D eigenvalue weighted by atomic mass is 10.0. The number of rotatable bonds is 5. The lowest BCUT2D eigenvalue weighted by molar-refractivity contribution is 0.0162. The molecule has 0 spiro atoms. The summed E-state index contributed by atoms with van der Waals surface area (Å²) in [5.41, 5.74) is 1.49. The quantitative estimate of drug-likeness (QED) is 0.917. The standard InChI is InChI=1S/C19H21FN2O2/c20-17-8-4-7-16(13-17)18(22-9-11-24-12-10-22)14-21-19(23)15-5-2-1-3-6-15/h1-8,13,18H,9-12,14H2,(H,21,23). The average Bonchev–Trinajstić information content (AvgIpc) is 2.63. The van der Waals surface area contributed by atoms with Crippen LogP contribution in [0.1, 0.15) is 22.0 Å². The number of carbonyl (C=O) groups is 1. The van der Waals surface area contributed by atoms with Gasteiger partial charge in [0.05, 0.1) is 19.3 Å². The Morgan fingerprint density at radius 1 is 1.12 bits per heavy atom. The van der Waals surface area contributed by atoms with Gasteiger partial charge < -0.3 is 10.1 Å². The Kier molecular flexibility index (Phi) is 5.56. The van der Waals surface area contributed by atoms with Crippen molar-refractivity contribution in [3.05, 3.63) is 71.5 Å². The summed E-state index contributed by atoms with van der Waals surface area (Å²) in [6.45, 7) is 3.26. The molecule has 1 aliphatic heterocycles. The second kappa shape index (κ2) is 8.04. The SMILES string of the molecule is O=C(NCC(c1cccc(F)c1)N1CCOCC1)c1ccccc1. The summed E-state index contributed by atoms with van der Waals surface area (Å²) in [6, 6.07) is 15.6. The number of hydrogen-bond acceptors (Lipinski definition) is 3. The minimum Gasteiger partial charge on any atom is -0.379 e. The topological polar surface area (TPSA) is 41.6 Å². The van der Waals surface area contributed by atoms with Crippen molar-refractivity contribution in [1.82, 2.24) is 10.2 Å². The molecule has 5 heteroatoms. The van der Waals surface area contributed by atoms with E-state index in [0.717, 1.165) is 18.7 Å². The molecule has 1 N–H and O–H groups in total. The van der Waals surface area contributed by atoms with Crippen LogP contribution in [-0.2, 0) is 4.74 Å². The Morgan fingerprint density at radius 3 is 2.58 bits per heavy atom. The van der Waals surface area contributed by atoms with Gasteiger partial charge in [0, 0.05) is 25.2 Å². The van der Waals surface area contributed by atoms with Gasteiger partial charge >= 0.3 is 0 Å². The van der Waals surface area contributed by atoms with Crippen molar-refractivity contribution in [1.29, 1.82) is 0 Å². The summed E-state index contributed by atoms with van der Waals surface area (Å²) in [5, 5.41) is 2.97. The highest BCUT2D eigenvalue weighted by Gasteiger charge is 2.23. The van der Waals surface area contributed by atoms with Crippen LogP contribution >= 0.6 is 0 Å². The van der Waals surface area contributed by atoms with Crippen LogP contribution in [0.5, 0.6) is 0 Å². The molecule has 1 unspecified atom stereocenters. The molecule has 126 valence electrons. The van der Waals surface area contributed by atoms with Gasteiger partial charge in [-0.3, -0.25) is 9.69 Å². The van der Waals surface area contributed by atoms with Crippen LogP contribution in [0.15, 0.2) is 54.6 Å². The molecule has 0 aliphatic carbocycles. The van der Waals surface area contributed by atoms with Gasteiger partial charge in [-0.15, -0.1) is 0 Å². The van der Waals surface area contributed by atoms with Gasteiger partial charge in [0.25, 0.3) is 5.91 Å². The maximum atomic E-state index is 13.6. The Balaban J connectivity index is 1.73. The molecule has 1 saturated heterocycles. The predicted octanol–water partition coefficient (Wildman–Crippen LogP) is 2.63. The molecule has 24 heavy (non-hydrogen) atoms. The number of nitrogens with zero attached hydrogens (tertiary/aromatic N) is 1. The number of halogens is 1. The van der Waals surface area contributed by atoms with Crippen molar-refractivity contribution >= 4 is 5.91 Å². The highest BCUT2D eigenvalue weighted by molar-refractivity contribution is 5.94. The Hall–Kier alpha value is -2.24. The molecule has 1 atom stereocenters. The summed E-state index contributed by atoms with van der Waals surface area (Å²) in [5.74, 6) is -0.384. The second-order valence-electron chi connectivity index (χ2n) is 5.80. The molecule has 1 heterocycles. The predicted molar refractivity (Wildman–Crippen MR) is 90.3 cm³/mol. The molecule has 1 amide bonds. The number of hydrogen-bond donors (Lipinski definition) is 1. The number of ether oxygens (including phenoxy) is 1. The van der Waals surface area contributed by atoms with Crippen molar-refractivity contribution in [3.8, 4) is 0 Å². The molecule has 1 aliphatic rings. The summed E-state index contributed by atoms with van der Waals surface area (Å²) in [4.78, 5) is 14.5. The van der Waals surface area contributed by atoms with Crippen LogP contribution in [-0.4, -0.2) is 43.7 Å². The lowest BCUT2D eigenvalue weighted by Gasteiger charge is -2.35. The van der Waals surface area contributed by atoms with Crippen molar-refractivity contribution in [3.63, 3.8) is 0 Å². The fraction of sp³-hybridized carbons (Fsp3) is 0.316. The Morgan fingerprint density at radius 2 is 1.88 bits per heavy atom. The van der Waals surface area contributed by atoms with Crippen LogP contribution in [0.4, 0.5) is 4.39 Å². The van der Waals surface area contributed by atoms with Gasteiger partial charge in [-0.1, -0.05) is 30.3 Å².